The number of allylic oxidation sites excluding steroid dienone is 1. The Kier molecular flexibility index (Phi) is 10.2. The van der Waals surface area contributed by atoms with Gasteiger partial charge in [-0.2, -0.15) is 0 Å². The van der Waals surface area contributed by atoms with E-state index in [0.717, 1.165) is 16.8 Å². The summed E-state index contributed by atoms with van der Waals surface area (Å²) in [5, 5.41) is 16.0. The van der Waals surface area contributed by atoms with Crippen molar-refractivity contribution in [2.75, 3.05) is 11.1 Å². The lowest BCUT2D eigenvalue weighted by Gasteiger charge is -2.21. The predicted octanol–water partition coefficient (Wildman–Crippen LogP) is 6.64. The number of halogens is 2. The second-order valence-corrected chi connectivity index (χ2v) is 10.9. The minimum Gasteiger partial charge on any atom is -0.342 e. The van der Waals surface area contributed by atoms with Crippen LogP contribution in [0.1, 0.15) is 53.6 Å². The van der Waals surface area contributed by atoms with Crippen LogP contribution in [0.3, 0.4) is 0 Å². The van der Waals surface area contributed by atoms with Crippen molar-refractivity contribution in [2.45, 2.75) is 51.9 Å². The van der Waals surface area contributed by atoms with Crippen LogP contribution >= 0.6 is 35.0 Å². The Bertz CT molecular complexity index is 1290. The molecule has 0 spiro atoms. The molecule has 1 aromatic heterocycles. The minimum atomic E-state index is -0.426. The lowest BCUT2D eigenvalue weighted by molar-refractivity contribution is -0.113. The summed E-state index contributed by atoms with van der Waals surface area (Å²) in [5.74, 6) is 0.536. The van der Waals surface area contributed by atoms with Crippen LogP contribution in [-0.2, 0) is 11.3 Å². The Hall–Kier alpha value is -2.81. The highest BCUT2D eigenvalue weighted by Gasteiger charge is 2.25. The van der Waals surface area contributed by atoms with E-state index in [1.807, 2.05) is 36.6 Å². The van der Waals surface area contributed by atoms with Gasteiger partial charge < -0.3 is 15.2 Å². The topological polar surface area (TPSA) is 88.9 Å². The molecule has 0 radical (unpaired) electrons. The number of aryl methyl sites for hydroxylation is 1. The third kappa shape index (κ3) is 7.60. The average molecular weight is 561 g/mol. The summed E-state index contributed by atoms with van der Waals surface area (Å²) in [7, 11) is 0. The molecule has 0 saturated heterocycles. The Morgan fingerprint density at radius 2 is 1.92 bits per heavy atom. The third-order valence-corrected chi connectivity index (χ3v) is 7.28. The average Bonchev–Trinajstić information content (AvgIpc) is 3.22. The summed E-state index contributed by atoms with van der Waals surface area (Å²) < 4.78 is 1.87. The first-order valence-electron chi connectivity index (χ1n) is 11.9. The number of hydrogen-bond donors (Lipinski definition) is 2. The first kappa shape index (κ1) is 28.8. The van der Waals surface area contributed by atoms with Crippen LogP contribution in [0.5, 0.6) is 0 Å². The lowest BCUT2D eigenvalue weighted by atomic mass is 10.0. The maximum Gasteiger partial charge on any atom is 0.253 e. The Morgan fingerprint density at radius 1 is 1.16 bits per heavy atom. The van der Waals surface area contributed by atoms with E-state index in [-0.39, 0.29) is 28.5 Å². The van der Waals surface area contributed by atoms with E-state index in [0.29, 0.717) is 34.5 Å². The zero-order chi connectivity index (χ0) is 27.1. The van der Waals surface area contributed by atoms with Gasteiger partial charge >= 0.3 is 0 Å². The number of rotatable bonds is 11. The summed E-state index contributed by atoms with van der Waals surface area (Å²) in [4.78, 5) is 25.8. The van der Waals surface area contributed by atoms with Crippen molar-refractivity contribution in [3.63, 3.8) is 0 Å². The van der Waals surface area contributed by atoms with E-state index >= 15 is 0 Å². The number of anilines is 1. The molecule has 0 fully saturated rings. The monoisotopic (exact) mass is 559 g/mol. The summed E-state index contributed by atoms with van der Waals surface area (Å²) in [6, 6.07) is 10.1. The number of carbonyl (C=O) groups excluding carboxylic acids is 2. The molecule has 196 valence electrons. The van der Waals surface area contributed by atoms with Crippen molar-refractivity contribution in [2.24, 2.45) is 5.92 Å². The molecule has 1 atom stereocenters. The van der Waals surface area contributed by atoms with Crippen LogP contribution in [0, 0.1) is 19.8 Å². The van der Waals surface area contributed by atoms with Crippen LogP contribution in [-0.4, -0.2) is 32.3 Å². The summed E-state index contributed by atoms with van der Waals surface area (Å²) in [6.07, 6.45) is 2.36. The SMILES string of the molecule is C=CCn1c(SCC(=O)Nc2cccc(C)c2C)nnc1[C@@H](CC(C)C)NC(=O)c1ccc(Cl)cc1Cl. The Morgan fingerprint density at radius 3 is 2.59 bits per heavy atom. The molecular formula is C27H31Cl2N5O2S. The van der Waals surface area contributed by atoms with Crippen LogP contribution in [0.25, 0.3) is 0 Å². The first-order chi connectivity index (χ1) is 17.6. The highest BCUT2D eigenvalue weighted by molar-refractivity contribution is 7.99. The van der Waals surface area contributed by atoms with Crippen LogP contribution in [0.4, 0.5) is 5.69 Å². The molecule has 2 amide bonds. The highest BCUT2D eigenvalue weighted by atomic mass is 35.5. The van der Waals surface area contributed by atoms with Gasteiger partial charge in [0.05, 0.1) is 22.4 Å². The number of aromatic nitrogens is 3. The second kappa shape index (κ2) is 13.1. The fourth-order valence-electron chi connectivity index (χ4n) is 3.78. The smallest absolute Gasteiger partial charge is 0.253 e. The van der Waals surface area contributed by atoms with E-state index < -0.39 is 6.04 Å². The van der Waals surface area contributed by atoms with E-state index in [1.165, 1.54) is 17.8 Å². The van der Waals surface area contributed by atoms with Gasteiger partial charge in [0.1, 0.15) is 0 Å². The van der Waals surface area contributed by atoms with Gasteiger partial charge in [-0.25, -0.2) is 0 Å². The number of thioether (sulfide) groups is 1. The minimum absolute atomic E-state index is 0.141. The van der Waals surface area contributed by atoms with Gasteiger partial charge in [0.2, 0.25) is 5.91 Å². The molecule has 3 aromatic rings. The van der Waals surface area contributed by atoms with Crippen molar-refractivity contribution >= 4 is 52.5 Å². The van der Waals surface area contributed by atoms with E-state index in [4.69, 9.17) is 23.2 Å². The molecule has 2 N–H and O–H groups in total. The Labute approximate surface area is 232 Å². The number of nitrogens with zero attached hydrogens (tertiary/aromatic N) is 3. The van der Waals surface area contributed by atoms with Gasteiger partial charge in [0, 0.05) is 17.3 Å². The molecular weight excluding hydrogens is 529 g/mol. The molecule has 0 unspecified atom stereocenters. The van der Waals surface area contributed by atoms with Gasteiger partial charge in [0.25, 0.3) is 5.91 Å². The van der Waals surface area contributed by atoms with Crippen molar-refractivity contribution in [1.82, 2.24) is 20.1 Å². The Balaban J connectivity index is 1.79. The van der Waals surface area contributed by atoms with E-state index in [2.05, 4.69) is 41.3 Å². The maximum absolute atomic E-state index is 13.1. The summed E-state index contributed by atoms with van der Waals surface area (Å²) in [6.45, 7) is 12.4. The van der Waals surface area contributed by atoms with Gasteiger partial charge in [-0.1, -0.05) is 67.0 Å². The summed E-state index contributed by atoms with van der Waals surface area (Å²) in [5.41, 5.74) is 3.26. The van der Waals surface area contributed by atoms with Gasteiger partial charge in [-0.3, -0.25) is 9.59 Å². The third-order valence-electron chi connectivity index (χ3n) is 5.77. The quantitative estimate of drug-likeness (QED) is 0.203. The molecule has 37 heavy (non-hydrogen) atoms. The number of amides is 2. The second-order valence-electron chi connectivity index (χ2n) is 9.10. The predicted molar refractivity (Wildman–Crippen MR) is 152 cm³/mol. The zero-order valence-corrected chi connectivity index (χ0v) is 23.7. The van der Waals surface area contributed by atoms with Crippen molar-refractivity contribution < 1.29 is 9.59 Å². The standard InChI is InChI=1S/C27H31Cl2N5O2S/c1-6-12-34-25(23(13-16(2)3)31-26(36)20-11-10-19(28)14-21(20)29)32-33-27(34)37-15-24(35)30-22-9-7-8-17(4)18(22)5/h6-11,14,16,23H,1,12-13,15H2,2-5H3,(H,30,35)(H,31,36)/t23-/m1/s1. The largest absolute Gasteiger partial charge is 0.342 e. The molecule has 0 bridgehead atoms. The molecule has 3 rings (SSSR count). The van der Waals surface area contributed by atoms with Crippen molar-refractivity contribution in [3.05, 3.63) is 81.6 Å². The molecule has 0 aliphatic rings. The number of carbonyl (C=O) groups is 2. The molecule has 0 aliphatic carbocycles. The van der Waals surface area contributed by atoms with Gasteiger partial charge in [0.15, 0.2) is 11.0 Å². The molecule has 7 nitrogen and oxygen atoms in total. The van der Waals surface area contributed by atoms with Crippen LogP contribution < -0.4 is 10.6 Å². The van der Waals surface area contributed by atoms with Gasteiger partial charge in [-0.05, 0) is 61.6 Å². The zero-order valence-electron chi connectivity index (χ0n) is 21.3. The fraction of sp³-hybridized carbons (Fsp3) is 0.333. The number of nitrogens with one attached hydrogen (secondary N) is 2. The van der Waals surface area contributed by atoms with Crippen molar-refractivity contribution in [3.8, 4) is 0 Å². The van der Waals surface area contributed by atoms with Gasteiger partial charge in [-0.15, -0.1) is 16.8 Å². The van der Waals surface area contributed by atoms with Crippen LogP contribution in [0.2, 0.25) is 10.0 Å². The molecule has 0 aliphatic heterocycles. The molecule has 0 saturated carbocycles. The number of hydrogen-bond acceptors (Lipinski definition) is 5. The van der Waals surface area contributed by atoms with E-state index in [9.17, 15) is 9.59 Å². The summed E-state index contributed by atoms with van der Waals surface area (Å²) >= 11 is 13.5. The first-order valence-corrected chi connectivity index (χ1v) is 13.6. The number of benzene rings is 2. The molecule has 2 aromatic carbocycles. The highest BCUT2D eigenvalue weighted by Crippen LogP contribution is 2.27. The van der Waals surface area contributed by atoms with E-state index in [1.54, 1.807) is 18.2 Å². The molecule has 1 heterocycles. The molecule has 10 heteroatoms. The maximum atomic E-state index is 13.1. The normalized spacial score (nSPS) is 11.9. The van der Waals surface area contributed by atoms with Crippen LogP contribution in [0.15, 0.2) is 54.2 Å². The lowest BCUT2D eigenvalue weighted by Crippen LogP contribution is -2.32. The van der Waals surface area contributed by atoms with Crippen molar-refractivity contribution in [1.29, 1.82) is 0 Å². The fourth-order valence-corrected chi connectivity index (χ4v) is 5.03.